The minimum absolute atomic E-state index is 0.342. The number of hydrogen-bond donors (Lipinski definition) is 1. The number of nitrogens with one attached hydrogen (secondary N) is 1. The summed E-state index contributed by atoms with van der Waals surface area (Å²) in [5.41, 5.74) is -0.342. The van der Waals surface area contributed by atoms with E-state index in [1.165, 1.54) is 32.6 Å². The standard InChI is InChI=1S/C16H32N4/c1-5-9-18-16(3,14-17)8-6-7-10-20-12-11-19(4)15(2)13-20/h15,18H,5-13H2,1-4H3. The minimum Gasteiger partial charge on any atom is -0.301 e. The van der Waals surface area contributed by atoms with Crippen LogP contribution >= 0.6 is 0 Å². The van der Waals surface area contributed by atoms with Crippen molar-refractivity contribution in [3.63, 3.8) is 0 Å². The van der Waals surface area contributed by atoms with Gasteiger partial charge in [-0.05, 0) is 59.7 Å². The lowest BCUT2D eigenvalue weighted by molar-refractivity contribution is 0.103. The van der Waals surface area contributed by atoms with E-state index in [1.807, 2.05) is 6.92 Å². The van der Waals surface area contributed by atoms with Crippen molar-refractivity contribution in [1.82, 2.24) is 15.1 Å². The topological polar surface area (TPSA) is 42.3 Å². The van der Waals surface area contributed by atoms with Gasteiger partial charge in [0.15, 0.2) is 0 Å². The molecule has 0 amide bonds. The molecule has 0 saturated carbocycles. The second-order valence-corrected chi connectivity index (χ2v) is 6.46. The van der Waals surface area contributed by atoms with E-state index in [2.05, 4.69) is 42.1 Å². The average molecular weight is 280 g/mol. The molecule has 2 atom stereocenters. The summed E-state index contributed by atoms with van der Waals surface area (Å²) < 4.78 is 0. The Balaban J connectivity index is 2.19. The molecule has 4 heteroatoms. The maximum Gasteiger partial charge on any atom is 0.103 e. The summed E-state index contributed by atoms with van der Waals surface area (Å²) in [6.07, 6.45) is 4.35. The van der Waals surface area contributed by atoms with Gasteiger partial charge < -0.3 is 9.80 Å². The van der Waals surface area contributed by atoms with Gasteiger partial charge >= 0.3 is 0 Å². The number of rotatable bonds is 8. The molecular weight excluding hydrogens is 248 g/mol. The van der Waals surface area contributed by atoms with Crippen LogP contribution in [0.5, 0.6) is 0 Å². The molecule has 0 aromatic rings. The van der Waals surface area contributed by atoms with Crippen molar-refractivity contribution < 1.29 is 0 Å². The number of likely N-dealkylation sites (N-methyl/N-ethyl adjacent to an activating group) is 1. The fourth-order valence-corrected chi connectivity index (χ4v) is 2.73. The summed E-state index contributed by atoms with van der Waals surface area (Å²) in [6, 6.07) is 3.10. The first-order valence-electron chi connectivity index (χ1n) is 8.09. The molecule has 0 aromatic carbocycles. The molecule has 116 valence electrons. The fourth-order valence-electron chi connectivity index (χ4n) is 2.73. The van der Waals surface area contributed by atoms with E-state index in [1.54, 1.807) is 0 Å². The van der Waals surface area contributed by atoms with Gasteiger partial charge in [-0.2, -0.15) is 5.26 Å². The summed E-state index contributed by atoms with van der Waals surface area (Å²) in [5.74, 6) is 0. The number of nitriles is 1. The number of hydrogen-bond acceptors (Lipinski definition) is 4. The van der Waals surface area contributed by atoms with Gasteiger partial charge in [0.1, 0.15) is 5.54 Å². The van der Waals surface area contributed by atoms with Crippen molar-refractivity contribution in [2.45, 2.75) is 58.0 Å². The summed E-state index contributed by atoms with van der Waals surface area (Å²) in [6.45, 7) is 12.1. The van der Waals surface area contributed by atoms with Crippen LogP contribution < -0.4 is 5.32 Å². The molecule has 2 unspecified atom stereocenters. The zero-order valence-corrected chi connectivity index (χ0v) is 13.8. The zero-order valence-electron chi connectivity index (χ0n) is 13.8. The van der Waals surface area contributed by atoms with E-state index in [9.17, 15) is 5.26 Å². The maximum absolute atomic E-state index is 9.30. The predicted molar refractivity (Wildman–Crippen MR) is 84.7 cm³/mol. The molecule has 0 bridgehead atoms. The largest absolute Gasteiger partial charge is 0.301 e. The molecule has 1 N–H and O–H groups in total. The predicted octanol–water partition coefficient (Wildman–Crippen LogP) is 2.07. The second-order valence-electron chi connectivity index (χ2n) is 6.46. The van der Waals surface area contributed by atoms with E-state index < -0.39 is 0 Å². The molecule has 1 heterocycles. The molecule has 1 rings (SSSR count). The Morgan fingerprint density at radius 1 is 1.35 bits per heavy atom. The molecule has 20 heavy (non-hydrogen) atoms. The van der Waals surface area contributed by atoms with Gasteiger partial charge in [0.05, 0.1) is 6.07 Å². The van der Waals surface area contributed by atoms with E-state index in [0.717, 1.165) is 25.8 Å². The van der Waals surface area contributed by atoms with E-state index >= 15 is 0 Å². The van der Waals surface area contributed by atoms with E-state index in [-0.39, 0.29) is 5.54 Å². The van der Waals surface area contributed by atoms with Crippen LogP contribution in [0, 0.1) is 11.3 Å². The Kier molecular flexibility index (Phi) is 7.50. The Labute approximate surface area is 125 Å². The molecule has 1 aliphatic heterocycles. The van der Waals surface area contributed by atoms with E-state index in [4.69, 9.17) is 0 Å². The molecule has 0 radical (unpaired) electrons. The summed E-state index contributed by atoms with van der Waals surface area (Å²) in [7, 11) is 2.21. The van der Waals surface area contributed by atoms with E-state index in [0.29, 0.717) is 6.04 Å². The highest BCUT2D eigenvalue weighted by atomic mass is 15.3. The summed E-state index contributed by atoms with van der Waals surface area (Å²) in [5, 5.41) is 12.7. The highest BCUT2D eigenvalue weighted by molar-refractivity contribution is 5.03. The van der Waals surface area contributed by atoms with Crippen LogP contribution in [-0.2, 0) is 0 Å². The molecule has 1 saturated heterocycles. The molecule has 1 fully saturated rings. The minimum atomic E-state index is -0.342. The van der Waals surface area contributed by atoms with Crippen LogP contribution in [0.1, 0.15) is 46.5 Å². The Hall–Kier alpha value is -0.630. The van der Waals surface area contributed by atoms with Crippen LogP contribution in [0.15, 0.2) is 0 Å². The molecule has 0 aliphatic carbocycles. The first-order chi connectivity index (χ1) is 9.50. The summed E-state index contributed by atoms with van der Waals surface area (Å²) >= 11 is 0. The monoisotopic (exact) mass is 280 g/mol. The smallest absolute Gasteiger partial charge is 0.103 e. The first-order valence-corrected chi connectivity index (χ1v) is 8.09. The van der Waals surface area contributed by atoms with Gasteiger partial charge in [-0.15, -0.1) is 0 Å². The SMILES string of the molecule is CCCNC(C)(C#N)CCCCN1CCN(C)C(C)C1. The lowest BCUT2D eigenvalue weighted by Gasteiger charge is -2.37. The van der Waals surface area contributed by atoms with Crippen molar-refractivity contribution >= 4 is 0 Å². The molecule has 0 spiro atoms. The van der Waals surface area contributed by atoms with Crippen molar-refractivity contribution in [1.29, 1.82) is 5.26 Å². The van der Waals surface area contributed by atoms with Crippen molar-refractivity contribution in [3.05, 3.63) is 0 Å². The Morgan fingerprint density at radius 3 is 2.70 bits per heavy atom. The molecule has 0 aromatic heterocycles. The Morgan fingerprint density at radius 2 is 2.10 bits per heavy atom. The molecular formula is C16H32N4. The quantitative estimate of drug-likeness (QED) is 0.691. The zero-order chi connectivity index (χ0) is 15.0. The van der Waals surface area contributed by atoms with Gasteiger partial charge in [-0.25, -0.2) is 0 Å². The van der Waals surface area contributed by atoms with Gasteiger partial charge in [0.2, 0.25) is 0 Å². The number of unbranched alkanes of at least 4 members (excludes halogenated alkanes) is 1. The van der Waals surface area contributed by atoms with Gasteiger partial charge in [0.25, 0.3) is 0 Å². The average Bonchev–Trinajstić information content (AvgIpc) is 2.45. The normalized spacial score (nSPS) is 24.2. The highest BCUT2D eigenvalue weighted by Gasteiger charge is 2.23. The third-order valence-electron chi connectivity index (χ3n) is 4.46. The summed E-state index contributed by atoms with van der Waals surface area (Å²) in [4.78, 5) is 4.99. The van der Waals surface area contributed by atoms with Crippen molar-refractivity contribution in [3.8, 4) is 6.07 Å². The van der Waals surface area contributed by atoms with Gasteiger partial charge in [-0.1, -0.05) is 6.92 Å². The van der Waals surface area contributed by atoms with Crippen LogP contribution in [0.2, 0.25) is 0 Å². The lowest BCUT2D eigenvalue weighted by atomic mass is 9.96. The molecule has 1 aliphatic rings. The number of nitrogens with zero attached hydrogens (tertiary/aromatic N) is 3. The molecule has 4 nitrogen and oxygen atoms in total. The third kappa shape index (κ3) is 5.78. The van der Waals surface area contributed by atoms with Crippen LogP contribution in [0.3, 0.4) is 0 Å². The van der Waals surface area contributed by atoms with Crippen molar-refractivity contribution in [2.75, 3.05) is 39.8 Å². The Bertz CT molecular complexity index is 312. The number of piperazine rings is 1. The fraction of sp³-hybridized carbons (Fsp3) is 0.938. The lowest BCUT2D eigenvalue weighted by Crippen LogP contribution is -2.50. The van der Waals surface area contributed by atoms with Gasteiger partial charge in [0, 0.05) is 25.7 Å². The highest BCUT2D eigenvalue weighted by Crippen LogP contribution is 2.14. The van der Waals surface area contributed by atoms with Crippen LogP contribution in [0.25, 0.3) is 0 Å². The first kappa shape index (κ1) is 17.4. The second kappa shape index (κ2) is 8.61. The van der Waals surface area contributed by atoms with Crippen LogP contribution in [-0.4, -0.2) is 61.2 Å². The maximum atomic E-state index is 9.30. The van der Waals surface area contributed by atoms with Crippen LogP contribution in [0.4, 0.5) is 0 Å². The third-order valence-corrected chi connectivity index (χ3v) is 4.46. The van der Waals surface area contributed by atoms with Gasteiger partial charge in [-0.3, -0.25) is 5.32 Å². The van der Waals surface area contributed by atoms with Crippen molar-refractivity contribution in [2.24, 2.45) is 0 Å².